The van der Waals surface area contributed by atoms with Gasteiger partial charge in [0.2, 0.25) is 0 Å². The molecule has 0 amide bonds. The summed E-state index contributed by atoms with van der Waals surface area (Å²) in [6.07, 6.45) is 8.05. The number of aryl methyl sites for hydroxylation is 3. The monoisotopic (exact) mass is 179 g/mol. The van der Waals surface area contributed by atoms with Crippen LogP contribution in [0.3, 0.4) is 0 Å². The highest BCUT2D eigenvalue weighted by Crippen LogP contribution is 2.14. The van der Waals surface area contributed by atoms with Gasteiger partial charge >= 0.3 is 0 Å². The first kappa shape index (κ1) is 8.75. The zero-order chi connectivity index (χ0) is 9.10. The summed E-state index contributed by atoms with van der Waals surface area (Å²) in [4.78, 5) is 4.60. The zero-order valence-corrected chi connectivity index (χ0v) is 8.00. The molecule has 0 atom stereocenters. The van der Waals surface area contributed by atoms with Gasteiger partial charge in [-0.25, -0.2) is 4.98 Å². The van der Waals surface area contributed by atoms with Crippen LogP contribution < -0.4 is 5.73 Å². The molecule has 1 aliphatic heterocycles. The summed E-state index contributed by atoms with van der Waals surface area (Å²) in [5, 5.41) is 0. The molecule has 0 aromatic carbocycles. The minimum Gasteiger partial charge on any atom is -0.335 e. The van der Waals surface area contributed by atoms with Gasteiger partial charge in [-0.2, -0.15) is 0 Å². The number of imidazole rings is 1. The summed E-state index contributed by atoms with van der Waals surface area (Å²) >= 11 is 0. The second kappa shape index (κ2) is 3.92. The molecule has 0 unspecified atom stereocenters. The summed E-state index contributed by atoms with van der Waals surface area (Å²) in [6.45, 7) is 1.92. The normalized spacial score (nSPS) is 15.8. The van der Waals surface area contributed by atoms with Crippen LogP contribution in [0.1, 0.15) is 30.8 Å². The molecule has 0 radical (unpaired) electrons. The van der Waals surface area contributed by atoms with E-state index in [1.54, 1.807) is 0 Å². The molecule has 1 aliphatic rings. The van der Waals surface area contributed by atoms with Crippen molar-refractivity contribution in [1.82, 2.24) is 9.55 Å². The number of nitrogens with zero attached hydrogens (tertiary/aromatic N) is 2. The van der Waals surface area contributed by atoms with Crippen LogP contribution in [0.15, 0.2) is 6.20 Å². The van der Waals surface area contributed by atoms with E-state index >= 15 is 0 Å². The lowest BCUT2D eigenvalue weighted by Crippen LogP contribution is -2.08. The highest BCUT2D eigenvalue weighted by atomic mass is 15.1. The number of hydrogen-bond donors (Lipinski definition) is 1. The largest absolute Gasteiger partial charge is 0.335 e. The Morgan fingerprint density at radius 3 is 3.15 bits per heavy atom. The van der Waals surface area contributed by atoms with Gasteiger partial charge in [0.05, 0.1) is 5.69 Å². The summed E-state index contributed by atoms with van der Waals surface area (Å²) in [6, 6.07) is 0. The van der Waals surface area contributed by atoms with Crippen LogP contribution in [-0.4, -0.2) is 16.1 Å². The molecule has 2 rings (SSSR count). The van der Waals surface area contributed by atoms with Crippen LogP contribution >= 0.6 is 0 Å². The van der Waals surface area contributed by atoms with Gasteiger partial charge in [0.25, 0.3) is 0 Å². The van der Waals surface area contributed by atoms with Crippen molar-refractivity contribution in [3.63, 3.8) is 0 Å². The first-order valence-electron chi connectivity index (χ1n) is 5.15. The summed E-state index contributed by atoms with van der Waals surface area (Å²) in [5.41, 5.74) is 6.69. The van der Waals surface area contributed by atoms with E-state index in [-0.39, 0.29) is 0 Å². The second-order valence-corrected chi connectivity index (χ2v) is 3.69. The molecule has 1 aromatic heterocycles. The van der Waals surface area contributed by atoms with Crippen molar-refractivity contribution in [2.75, 3.05) is 6.54 Å². The van der Waals surface area contributed by atoms with Crippen molar-refractivity contribution in [1.29, 1.82) is 0 Å². The predicted molar refractivity (Wildman–Crippen MR) is 52.5 cm³/mol. The van der Waals surface area contributed by atoms with Crippen molar-refractivity contribution in [3.8, 4) is 0 Å². The summed E-state index contributed by atoms with van der Waals surface area (Å²) in [7, 11) is 0. The molecule has 0 saturated heterocycles. The van der Waals surface area contributed by atoms with E-state index in [2.05, 4.69) is 15.7 Å². The number of nitrogens with two attached hydrogens (primary N) is 1. The van der Waals surface area contributed by atoms with E-state index in [4.69, 9.17) is 5.73 Å². The fourth-order valence-corrected chi connectivity index (χ4v) is 1.88. The van der Waals surface area contributed by atoms with Gasteiger partial charge in [-0.05, 0) is 32.2 Å². The van der Waals surface area contributed by atoms with Crippen LogP contribution in [0, 0.1) is 0 Å². The molecular formula is C10H17N3. The minimum absolute atomic E-state index is 0.766. The predicted octanol–water partition coefficient (Wildman–Crippen LogP) is 1.11. The molecular weight excluding hydrogens is 162 g/mol. The number of rotatable bonds is 3. The smallest absolute Gasteiger partial charge is 0.108 e. The van der Waals surface area contributed by atoms with E-state index in [0.717, 1.165) is 32.4 Å². The van der Waals surface area contributed by atoms with E-state index in [0.29, 0.717) is 0 Å². The molecule has 0 bridgehead atoms. The minimum atomic E-state index is 0.766. The Hall–Kier alpha value is -0.830. The molecule has 3 heteroatoms. The van der Waals surface area contributed by atoms with Crippen molar-refractivity contribution in [2.24, 2.45) is 5.73 Å². The number of fused-ring (bicyclic) bond motifs is 1. The van der Waals surface area contributed by atoms with Gasteiger partial charge in [0.15, 0.2) is 0 Å². The standard InChI is InChI=1S/C10H17N3/c11-6-3-4-9-8-13-7-2-1-5-10(13)12-9/h8H,1-7,11H2. The first-order chi connectivity index (χ1) is 6.40. The van der Waals surface area contributed by atoms with E-state index in [9.17, 15) is 0 Å². The molecule has 0 spiro atoms. The van der Waals surface area contributed by atoms with Crippen LogP contribution in [0.25, 0.3) is 0 Å². The highest BCUT2D eigenvalue weighted by molar-refractivity contribution is 5.06. The van der Waals surface area contributed by atoms with Crippen molar-refractivity contribution >= 4 is 0 Å². The lowest BCUT2D eigenvalue weighted by Gasteiger charge is -2.11. The zero-order valence-electron chi connectivity index (χ0n) is 8.00. The SMILES string of the molecule is NCCCc1cn2c(n1)CCCC2. The Kier molecular flexibility index (Phi) is 2.64. The molecule has 1 aromatic rings. The van der Waals surface area contributed by atoms with Gasteiger partial charge < -0.3 is 10.3 Å². The molecule has 72 valence electrons. The maximum absolute atomic E-state index is 5.46. The van der Waals surface area contributed by atoms with Crippen LogP contribution in [0.5, 0.6) is 0 Å². The van der Waals surface area contributed by atoms with Gasteiger partial charge in [0.1, 0.15) is 5.82 Å². The van der Waals surface area contributed by atoms with Crippen LogP contribution in [-0.2, 0) is 19.4 Å². The molecule has 0 fully saturated rings. The van der Waals surface area contributed by atoms with E-state index in [1.807, 2.05) is 0 Å². The third kappa shape index (κ3) is 1.91. The maximum atomic E-state index is 5.46. The summed E-state index contributed by atoms with van der Waals surface area (Å²) < 4.78 is 2.30. The lowest BCUT2D eigenvalue weighted by molar-refractivity contribution is 0.522. The topological polar surface area (TPSA) is 43.8 Å². The van der Waals surface area contributed by atoms with Gasteiger partial charge in [-0.15, -0.1) is 0 Å². The highest BCUT2D eigenvalue weighted by Gasteiger charge is 2.11. The lowest BCUT2D eigenvalue weighted by atomic mass is 10.2. The third-order valence-electron chi connectivity index (χ3n) is 2.60. The maximum Gasteiger partial charge on any atom is 0.108 e. The quantitative estimate of drug-likeness (QED) is 0.755. The molecule has 2 heterocycles. The first-order valence-corrected chi connectivity index (χ1v) is 5.15. The number of aromatic nitrogens is 2. The van der Waals surface area contributed by atoms with Gasteiger partial charge in [0, 0.05) is 19.2 Å². The molecule has 0 aliphatic carbocycles. The van der Waals surface area contributed by atoms with Gasteiger partial charge in [-0.1, -0.05) is 0 Å². The van der Waals surface area contributed by atoms with E-state index in [1.165, 1.54) is 24.4 Å². The molecule has 2 N–H and O–H groups in total. The van der Waals surface area contributed by atoms with E-state index < -0.39 is 0 Å². The molecule has 0 saturated carbocycles. The Morgan fingerprint density at radius 1 is 1.46 bits per heavy atom. The fraction of sp³-hybridized carbons (Fsp3) is 0.700. The second-order valence-electron chi connectivity index (χ2n) is 3.69. The Morgan fingerprint density at radius 2 is 2.38 bits per heavy atom. The van der Waals surface area contributed by atoms with Crippen molar-refractivity contribution in [2.45, 2.75) is 38.6 Å². The van der Waals surface area contributed by atoms with Crippen LogP contribution in [0.2, 0.25) is 0 Å². The fourth-order valence-electron chi connectivity index (χ4n) is 1.88. The number of hydrogen-bond acceptors (Lipinski definition) is 2. The molecule has 3 nitrogen and oxygen atoms in total. The average Bonchev–Trinajstić information content (AvgIpc) is 2.57. The van der Waals surface area contributed by atoms with Crippen molar-refractivity contribution in [3.05, 3.63) is 17.7 Å². The third-order valence-corrected chi connectivity index (χ3v) is 2.60. The average molecular weight is 179 g/mol. The Labute approximate surface area is 79.0 Å². The Bertz CT molecular complexity index is 254. The van der Waals surface area contributed by atoms with Crippen molar-refractivity contribution < 1.29 is 0 Å². The Balaban J connectivity index is 2.07. The van der Waals surface area contributed by atoms with Crippen LogP contribution in [0.4, 0.5) is 0 Å². The molecule has 13 heavy (non-hydrogen) atoms. The summed E-state index contributed by atoms with van der Waals surface area (Å²) in [5.74, 6) is 1.28. The van der Waals surface area contributed by atoms with Gasteiger partial charge in [-0.3, -0.25) is 0 Å².